The fraction of sp³-hybridized carbons (Fsp3) is 0.304. The van der Waals surface area contributed by atoms with Crippen molar-refractivity contribution in [1.82, 2.24) is 0 Å². The highest BCUT2D eigenvalue weighted by molar-refractivity contribution is 6.00. The number of carbonyl (C=O) groups excluding carboxylic acids is 4. The zero-order valence-electron chi connectivity index (χ0n) is 17.5. The number of esters is 1. The van der Waals surface area contributed by atoms with Crippen LogP contribution in [0.15, 0.2) is 48.5 Å². The molecular weight excluding hydrogens is 398 g/mol. The number of aryl methyl sites for hydroxylation is 1. The molecule has 3 rings (SSSR count). The Labute approximate surface area is 180 Å². The molecule has 1 aliphatic rings. The number of amides is 3. The molecule has 0 radical (unpaired) electrons. The van der Waals surface area contributed by atoms with Crippen LogP contribution in [0.5, 0.6) is 0 Å². The van der Waals surface area contributed by atoms with Gasteiger partial charge in [0, 0.05) is 37.0 Å². The summed E-state index contributed by atoms with van der Waals surface area (Å²) in [5.74, 6) is -2.08. The smallest absolute Gasteiger partial charge is 0.311 e. The third kappa shape index (κ3) is 5.91. The van der Waals surface area contributed by atoms with Gasteiger partial charge in [-0.2, -0.15) is 0 Å². The standard InChI is InChI=1S/C23H25N3O5/c1-3-16-7-9-20(10-8-16)26-13-17(11-22(26)29)23(30)31-14-21(28)25-19-6-4-5-18(12-19)24-15(2)27/h4-10,12,17H,3,11,13-14H2,1-2H3,(H,24,27)(H,25,28)/t17-/m0/s1. The van der Waals surface area contributed by atoms with Crippen molar-refractivity contribution >= 4 is 40.8 Å². The van der Waals surface area contributed by atoms with Crippen molar-refractivity contribution in [2.75, 3.05) is 28.7 Å². The molecule has 0 saturated carbocycles. The Hall–Kier alpha value is -3.68. The lowest BCUT2D eigenvalue weighted by atomic mass is 10.1. The minimum Gasteiger partial charge on any atom is -0.455 e. The third-order valence-electron chi connectivity index (χ3n) is 4.93. The van der Waals surface area contributed by atoms with E-state index in [-0.39, 0.29) is 24.8 Å². The second-order valence-corrected chi connectivity index (χ2v) is 7.34. The fourth-order valence-electron chi connectivity index (χ4n) is 3.36. The molecular formula is C23H25N3O5. The van der Waals surface area contributed by atoms with E-state index in [0.717, 1.165) is 12.1 Å². The normalized spacial score (nSPS) is 15.5. The predicted octanol–water partition coefficient (Wildman–Crippen LogP) is 2.74. The van der Waals surface area contributed by atoms with Gasteiger partial charge in [-0.25, -0.2) is 0 Å². The summed E-state index contributed by atoms with van der Waals surface area (Å²) < 4.78 is 5.12. The number of hydrogen-bond acceptors (Lipinski definition) is 5. The maximum absolute atomic E-state index is 12.4. The molecule has 1 saturated heterocycles. The Kier molecular flexibility index (Phi) is 7.02. The van der Waals surface area contributed by atoms with Crippen molar-refractivity contribution < 1.29 is 23.9 Å². The first-order chi connectivity index (χ1) is 14.9. The van der Waals surface area contributed by atoms with Crippen LogP contribution in [-0.4, -0.2) is 36.8 Å². The summed E-state index contributed by atoms with van der Waals surface area (Å²) in [5, 5.41) is 5.23. The van der Waals surface area contributed by atoms with Crippen LogP contribution in [0.1, 0.15) is 25.8 Å². The van der Waals surface area contributed by atoms with Gasteiger partial charge < -0.3 is 20.3 Å². The SMILES string of the molecule is CCc1ccc(N2C[C@@H](C(=O)OCC(=O)Nc3cccc(NC(C)=O)c3)CC2=O)cc1. The highest BCUT2D eigenvalue weighted by atomic mass is 16.5. The number of nitrogens with zero attached hydrogens (tertiary/aromatic N) is 1. The molecule has 0 spiro atoms. The quantitative estimate of drug-likeness (QED) is 0.667. The second kappa shape index (κ2) is 9.88. The van der Waals surface area contributed by atoms with E-state index >= 15 is 0 Å². The molecule has 31 heavy (non-hydrogen) atoms. The van der Waals surface area contributed by atoms with E-state index in [1.54, 1.807) is 29.2 Å². The summed E-state index contributed by atoms with van der Waals surface area (Å²) in [7, 11) is 0. The van der Waals surface area contributed by atoms with Crippen molar-refractivity contribution in [2.24, 2.45) is 5.92 Å². The van der Waals surface area contributed by atoms with Crippen LogP contribution in [0.2, 0.25) is 0 Å². The van der Waals surface area contributed by atoms with Crippen molar-refractivity contribution in [3.8, 4) is 0 Å². The van der Waals surface area contributed by atoms with E-state index < -0.39 is 24.4 Å². The van der Waals surface area contributed by atoms with Crippen LogP contribution in [0, 0.1) is 5.92 Å². The van der Waals surface area contributed by atoms with Crippen LogP contribution in [0.25, 0.3) is 0 Å². The van der Waals surface area contributed by atoms with Gasteiger partial charge in [0.2, 0.25) is 11.8 Å². The summed E-state index contributed by atoms with van der Waals surface area (Å²) in [5.41, 5.74) is 2.91. The van der Waals surface area contributed by atoms with Gasteiger partial charge in [-0.05, 0) is 42.3 Å². The summed E-state index contributed by atoms with van der Waals surface area (Å²) in [6, 6.07) is 14.3. The van der Waals surface area contributed by atoms with Crippen LogP contribution < -0.4 is 15.5 Å². The first-order valence-electron chi connectivity index (χ1n) is 10.1. The van der Waals surface area contributed by atoms with Gasteiger partial charge in [0.15, 0.2) is 6.61 Å². The molecule has 0 unspecified atom stereocenters. The number of anilines is 3. The molecule has 1 aliphatic heterocycles. The second-order valence-electron chi connectivity index (χ2n) is 7.34. The van der Waals surface area contributed by atoms with Gasteiger partial charge in [0.1, 0.15) is 0 Å². The Balaban J connectivity index is 1.50. The maximum Gasteiger partial charge on any atom is 0.311 e. The lowest BCUT2D eigenvalue weighted by molar-refractivity contribution is -0.151. The largest absolute Gasteiger partial charge is 0.455 e. The Morgan fingerprint density at radius 1 is 1.06 bits per heavy atom. The molecule has 0 bridgehead atoms. The third-order valence-corrected chi connectivity index (χ3v) is 4.93. The summed E-state index contributed by atoms with van der Waals surface area (Å²) >= 11 is 0. The minimum atomic E-state index is -0.616. The zero-order chi connectivity index (χ0) is 22.4. The lowest BCUT2D eigenvalue weighted by Gasteiger charge is -2.17. The highest BCUT2D eigenvalue weighted by Gasteiger charge is 2.36. The maximum atomic E-state index is 12.4. The topological polar surface area (TPSA) is 105 Å². The van der Waals surface area contributed by atoms with Crippen LogP contribution >= 0.6 is 0 Å². The molecule has 0 aliphatic carbocycles. The summed E-state index contributed by atoms with van der Waals surface area (Å²) in [6.07, 6.45) is 0.956. The van der Waals surface area contributed by atoms with E-state index in [4.69, 9.17) is 4.74 Å². The molecule has 1 atom stereocenters. The van der Waals surface area contributed by atoms with Crippen molar-refractivity contribution in [2.45, 2.75) is 26.7 Å². The van der Waals surface area contributed by atoms with E-state index in [9.17, 15) is 19.2 Å². The minimum absolute atomic E-state index is 0.0503. The number of carbonyl (C=O) groups is 4. The Morgan fingerprint density at radius 2 is 1.74 bits per heavy atom. The number of hydrogen-bond donors (Lipinski definition) is 2. The van der Waals surface area contributed by atoms with Gasteiger partial charge in [0.05, 0.1) is 5.92 Å². The molecule has 162 valence electrons. The molecule has 8 nitrogen and oxygen atoms in total. The average Bonchev–Trinajstić information content (AvgIpc) is 3.13. The van der Waals surface area contributed by atoms with Crippen molar-refractivity contribution in [3.63, 3.8) is 0 Å². The molecule has 2 aromatic rings. The average molecular weight is 423 g/mol. The van der Waals surface area contributed by atoms with Gasteiger partial charge in [0.25, 0.3) is 5.91 Å². The van der Waals surface area contributed by atoms with Gasteiger partial charge in [-0.1, -0.05) is 25.1 Å². The molecule has 2 N–H and O–H groups in total. The van der Waals surface area contributed by atoms with Crippen LogP contribution in [0.3, 0.4) is 0 Å². The number of benzene rings is 2. The Morgan fingerprint density at radius 3 is 2.39 bits per heavy atom. The molecule has 1 fully saturated rings. The van der Waals surface area contributed by atoms with E-state index in [1.807, 2.05) is 24.3 Å². The zero-order valence-corrected chi connectivity index (χ0v) is 17.5. The summed E-state index contributed by atoms with van der Waals surface area (Å²) in [4.78, 5) is 49.5. The number of nitrogens with one attached hydrogen (secondary N) is 2. The fourth-order valence-corrected chi connectivity index (χ4v) is 3.36. The van der Waals surface area contributed by atoms with Crippen molar-refractivity contribution in [3.05, 3.63) is 54.1 Å². The lowest BCUT2D eigenvalue weighted by Crippen LogP contribution is -2.28. The first kappa shape index (κ1) is 22.0. The molecule has 1 heterocycles. The first-order valence-corrected chi connectivity index (χ1v) is 10.1. The summed E-state index contributed by atoms with van der Waals surface area (Å²) in [6.45, 7) is 3.21. The van der Waals surface area contributed by atoms with Gasteiger partial charge in [-0.3, -0.25) is 19.2 Å². The van der Waals surface area contributed by atoms with E-state index in [0.29, 0.717) is 11.4 Å². The Bertz CT molecular complexity index is 987. The molecule has 3 amide bonds. The van der Waals surface area contributed by atoms with Gasteiger partial charge in [-0.15, -0.1) is 0 Å². The van der Waals surface area contributed by atoms with E-state index in [2.05, 4.69) is 17.6 Å². The highest BCUT2D eigenvalue weighted by Crippen LogP contribution is 2.26. The molecule has 8 heteroatoms. The van der Waals surface area contributed by atoms with Crippen molar-refractivity contribution in [1.29, 1.82) is 0 Å². The molecule has 0 aromatic heterocycles. The number of ether oxygens (including phenoxy) is 1. The number of rotatable bonds is 7. The monoisotopic (exact) mass is 423 g/mol. The molecule has 2 aromatic carbocycles. The van der Waals surface area contributed by atoms with Crippen LogP contribution in [0.4, 0.5) is 17.1 Å². The predicted molar refractivity (Wildman–Crippen MR) is 117 cm³/mol. The van der Waals surface area contributed by atoms with Crippen LogP contribution in [-0.2, 0) is 30.3 Å². The van der Waals surface area contributed by atoms with Gasteiger partial charge >= 0.3 is 5.97 Å². The van der Waals surface area contributed by atoms with E-state index in [1.165, 1.54) is 12.5 Å².